The van der Waals surface area contributed by atoms with Crippen molar-refractivity contribution < 1.29 is 9.84 Å². The number of nitrogens with one attached hydrogen (secondary N) is 1. The molecule has 5 heteroatoms. The van der Waals surface area contributed by atoms with E-state index in [0.717, 1.165) is 14.6 Å². The van der Waals surface area contributed by atoms with Crippen LogP contribution >= 0.6 is 31.9 Å². The minimum atomic E-state index is -0.648. The van der Waals surface area contributed by atoms with Crippen LogP contribution in [0.2, 0.25) is 0 Å². The Labute approximate surface area is 118 Å². The Morgan fingerprint density at radius 2 is 2.00 bits per heavy atom. The molecule has 0 unspecified atom stereocenters. The van der Waals surface area contributed by atoms with Gasteiger partial charge in [-0.2, -0.15) is 0 Å². The van der Waals surface area contributed by atoms with E-state index < -0.39 is 5.60 Å². The maximum absolute atomic E-state index is 10.3. The van der Waals surface area contributed by atoms with Gasteiger partial charge in [0.05, 0.1) is 5.60 Å². The van der Waals surface area contributed by atoms with Gasteiger partial charge in [0, 0.05) is 47.2 Å². The summed E-state index contributed by atoms with van der Waals surface area (Å²) in [5.74, 6) is 0. The molecule has 0 spiro atoms. The van der Waals surface area contributed by atoms with Crippen LogP contribution in [0.1, 0.15) is 12.8 Å². The summed E-state index contributed by atoms with van der Waals surface area (Å²) in [6.07, 6.45) is 1.38. The maximum atomic E-state index is 10.3. The highest BCUT2D eigenvalue weighted by atomic mass is 79.9. The lowest BCUT2D eigenvalue weighted by atomic mass is 9.94. The first-order valence-electron chi connectivity index (χ1n) is 5.58. The number of benzene rings is 1. The largest absolute Gasteiger partial charge is 0.388 e. The van der Waals surface area contributed by atoms with E-state index >= 15 is 0 Å². The molecule has 0 aromatic heterocycles. The van der Waals surface area contributed by atoms with Gasteiger partial charge < -0.3 is 15.2 Å². The summed E-state index contributed by atoms with van der Waals surface area (Å²) in [7, 11) is 0. The van der Waals surface area contributed by atoms with Crippen molar-refractivity contribution in [3.05, 3.63) is 27.1 Å². The van der Waals surface area contributed by atoms with Gasteiger partial charge in [0.1, 0.15) is 0 Å². The van der Waals surface area contributed by atoms with Crippen LogP contribution in [-0.4, -0.2) is 30.5 Å². The minimum Gasteiger partial charge on any atom is -0.388 e. The third kappa shape index (κ3) is 3.68. The summed E-state index contributed by atoms with van der Waals surface area (Å²) in [4.78, 5) is 0. The molecular formula is C12H15Br2NO2. The Morgan fingerprint density at radius 1 is 1.29 bits per heavy atom. The van der Waals surface area contributed by atoms with E-state index in [4.69, 9.17) is 4.74 Å². The molecule has 0 atom stereocenters. The Morgan fingerprint density at radius 3 is 2.65 bits per heavy atom. The molecule has 0 amide bonds. The summed E-state index contributed by atoms with van der Waals surface area (Å²) in [5, 5.41) is 13.6. The number of ether oxygens (including phenoxy) is 1. The van der Waals surface area contributed by atoms with E-state index in [1.54, 1.807) is 0 Å². The summed E-state index contributed by atoms with van der Waals surface area (Å²) in [5.41, 5.74) is 0.346. The number of rotatable bonds is 3. The maximum Gasteiger partial charge on any atom is 0.0863 e. The molecule has 2 N–H and O–H groups in total. The van der Waals surface area contributed by atoms with Crippen molar-refractivity contribution in [3.63, 3.8) is 0 Å². The second-order valence-corrected chi connectivity index (χ2v) is 6.08. The van der Waals surface area contributed by atoms with Gasteiger partial charge >= 0.3 is 0 Å². The highest BCUT2D eigenvalue weighted by Gasteiger charge is 2.29. The fraction of sp³-hybridized carbons (Fsp3) is 0.500. The number of halogens is 2. The van der Waals surface area contributed by atoms with E-state index in [1.165, 1.54) is 0 Å². The average Bonchev–Trinajstić information content (AvgIpc) is 2.29. The lowest BCUT2D eigenvalue weighted by molar-refractivity contribution is -0.0543. The van der Waals surface area contributed by atoms with Crippen LogP contribution in [0.4, 0.5) is 5.69 Å². The average molecular weight is 365 g/mol. The second-order valence-electron chi connectivity index (χ2n) is 4.31. The third-order valence-corrected chi connectivity index (χ3v) is 4.11. The summed E-state index contributed by atoms with van der Waals surface area (Å²) < 4.78 is 7.27. The zero-order chi connectivity index (χ0) is 12.3. The predicted octanol–water partition coefficient (Wildman–Crippen LogP) is 3.17. The van der Waals surface area contributed by atoms with Crippen LogP contribution in [0, 0.1) is 0 Å². The van der Waals surface area contributed by atoms with Crippen LogP contribution in [0.5, 0.6) is 0 Å². The molecular weight excluding hydrogens is 350 g/mol. The first-order chi connectivity index (χ1) is 8.09. The van der Waals surface area contributed by atoms with Crippen LogP contribution in [0.15, 0.2) is 27.1 Å². The van der Waals surface area contributed by atoms with Gasteiger partial charge in [-0.25, -0.2) is 0 Å². The van der Waals surface area contributed by atoms with Crippen molar-refractivity contribution in [2.75, 3.05) is 25.1 Å². The number of hydrogen-bond donors (Lipinski definition) is 2. The lowest BCUT2D eigenvalue weighted by Crippen LogP contribution is -2.42. The quantitative estimate of drug-likeness (QED) is 0.865. The Hall–Kier alpha value is -0.100. The van der Waals surface area contributed by atoms with Gasteiger partial charge in [-0.1, -0.05) is 15.9 Å². The van der Waals surface area contributed by atoms with Gasteiger partial charge in [-0.3, -0.25) is 0 Å². The lowest BCUT2D eigenvalue weighted by Gasteiger charge is -2.32. The number of aliphatic hydroxyl groups is 1. The van der Waals surface area contributed by atoms with Gasteiger partial charge in [0.15, 0.2) is 0 Å². The molecule has 2 rings (SSSR count). The van der Waals surface area contributed by atoms with Crippen molar-refractivity contribution in [2.45, 2.75) is 18.4 Å². The van der Waals surface area contributed by atoms with E-state index in [2.05, 4.69) is 37.2 Å². The smallest absolute Gasteiger partial charge is 0.0863 e. The molecule has 1 aromatic carbocycles. The zero-order valence-electron chi connectivity index (χ0n) is 9.38. The molecule has 1 aliphatic heterocycles. The first kappa shape index (κ1) is 13.3. The van der Waals surface area contributed by atoms with Crippen LogP contribution in [0.25, 0.3) is 0 Å². The molecule has 1 fully saturated rings. The molecule has 1 heterocycles. The molecule has 17 heavy (non-hydrogen) atoms. The van der Waals surface area contributed by atoms with Crippen molar-refractivity contribution >= 4 is 37.5 Å². The van der Waals surface area contributed by atoms with Crippen LogP contribution in [0.3, 0.4) is 0 Å². The molecule has 0 radical (unpaired) electrons. The molecule has 0 aliphatic carbocycles. The van der Waals surface area contributed by atoms with Crippen molar-refractivity contribution in [1.29, 1.82) is 0 Å². The molecule has 1 saturated heterocycles. The molecule has 0 bridgehead atoms. The SMILES string of the molecule is OC1(CNc2ccc(Br)cc2Br)CCOCC1. The topological polar surface area (TPSA) is 41.5 Å². The predicted molar refractivity (Wildman–Crippen MR) is 75.3 cm³/mol. The molecule has 1 aliphatic rings. The van der Waals surface area contributed by atoms with E-state index in [-0.39, 0.29) is 0 Å². The monoisotopic (exact) mass is 363 g/mol. The standard InChI is InChI=1S/C12H15Br2NO2/c13-9-1-2-11(10(14)7-9)15-8-12(16)3-5-17-6-4-12/h1-2,7,15-16H,3-6,8H2. The third-order valence-electron chi connectivity index (χ3n) is 2.96. The fourth-order valence-electron chi connectivity index (χ4n) is 1.82. The second kappa shape index (κ2) is 5.69. The fourth-order valence-corrected chi connectivity index (χ4v) is 3.01. The highest BCUT2D eigenvalue weighted by molar-refractivity contribution is 9.11. The van der Waals surface area contributed by atoms with E-state index in [1.807, 2.05) is 18.2 Å². The van der Waals surface area contributed by atoms with Gasteiger partial charge in [-0.05, 0) is 34.1 Å². The Bertz CT molecular complexity index is 392. The van der Waals surface area contributed by atoms with Crippen molar-refractivity contribution in [1.82, 2.24) is 0 Å². The number of anilines is 1. The first-order valence-corrected chi connectivity index (χ1v) is 7.17. The summed E-state index contributed by atoms with van der Waals surface area (Å²) >= 11 is 6.90. The minimum absolute atomic E-state index is 0.552. The summed E-state index contributed by atoms with van der Waals surface area (Å²) in [6.45, 7) is 1.83. The van der Waals surface area contributed by atoms with E-state index in [9.17, 15) is 5.11 Å². The molecule has 3 nitrogen and oxygen atoms in total. The zero-order valence-corrected chi connectivity index (χ0v) is 12.6. The van der Waals surface area contributed by atoms with Crippen molar-refractivity contribution in [3.8, 4) is 0 Å². The van der Waals surface area contributed by atoms with Crippen molar-refractivity contribution in [2.24, 2.45) is 0 Å². The molecule has 1 aromatic rings. The Kier molecular flexibility index (Phi) is 4.47. The molecule has 94 valence electrons. The normalized spacial score (nSPS) is 19.0. The van der Waals surface area contributed by atoms with Gasteiger partial charge in [0.25, 0.3) is 0 Å². The van der Waals surface area contributed by atoms with Crippen LogP contribution in [-0.2, 0) is 4.74 Å². The van der Waals surface area contributed by atoms with E-state index in [0.29, 0.717) is 32.6 Å². The number of hydrogen-bond acceptors (Lipinski definition) is 3. The van der Waals surface area contributed by atoms with Crippen LogP contribution < -0.4 is 5.32 Å². The molecule has 0 saturated carbocycles. The summed E-state index contributed by atoms with van der Waals surface area (Å²) in [6, 6.07) is 5.94. The highest BCUT2D eigenvalue weighted by Crippen LogP contribution is 2.28. The Balaban J connectivity index is 1.97. The van der Waals surface area contributed by atoms with Gasteiger partial charge in [0.2, 0.25) is 0 Å². The van der Waals surface area contributed by atoms with Gasteiger partial charge in [-0.15, -0.1) is 0 Å².